The van der Waals surface area contributed by atoms with Gasteiger partial charge in [-0.2, -0.15) is 4.57 Å². The number of aryl methyl sites for hydroxylation is 2. The number of imidazole rings is 1. The number of hydrogen-bond acceptors (Lipinski definition) is 0. The normalized spacial score (nSPS) is 11.2. The molecular formula is C32H31N2+. The van der Waals surface area contributed by atoms with Gasteiger partial charge in [-0.15, -0.1) is 0 Å². The molecule has 5 aromatic rings. The molecule has 0 atom stereocenters. The maximum absolute atomic E-state index is 2.38. The first-order valence-corrected chi connectivity index (χ1v) is 12.0. The number of aromatic nitrogens is 2. The minimum absolute atomic E-state index is 0.426. The van der Waals surface area contributed by atoms with Crippen molar-refractivity contribution in [2.24, 2.45) is 7.05 Å². The average Bonchev–Trinajstić information content (AvgIpc) is 3.25. The lowest BCUT2D eigenvalue weighted by Crippen LogP contribution is -2.29. The maximum atomic E-state index is 2.38. The monoisotopic (exact) mass is 443 g/mol. The number of benzene rings is 4. The lowest BCUT2D eigenvalue weighted by molar-refractivity contribution is -0.659. The minimum Gasteiger partial charge on any atom is -0.232 e. The van der Waals surface area contributed by atoms with Crippen LogP contribution in [0.1, 0.15) is 30.9 Å². The second-order valence-corrected chi connectivity index (χ2v) is 9.27. The number of nitrogens with zero attached hydrogens (tertiary/aromatic N) is 2. The quantitative estimate of drug-likeness (QED) is 0.246. The molecule has 5 rings (SSSR count). The van der Waals surface area contributed by atoms with Gasteiger partial charge in [-0.3, -0.25) is 0 Å². The van der Waals surface area contributed by atoms with Crippen molar-refractivity contribution in [3.63, 3.8) is 0 Å². The predicted molar refractivity (Wildman–Crippen MR) is 142 cm³/mol. The molecule has 0 saturated heterocycles. The molecule has 4 aromatic carbocycles. The maximum Gasteiger partial charge on any atom is 0.294 e. The summed E-state index contributed by atoms with van der Waals surface area (Å²) in [6, 6.07) is 34.9. The Labute approximate surface area is 202 Å². The molecule has 0 aliphatic carbocycles. The first kappa shape index (κ1) is 21.9. The van der Waals surface area contributed by atoms with Crippen molar-refractivity contribution in [3.8, 4) is 39.3 Å². The van der Waals surface area contributed by atoms with E-state index in [9.17, 15) is 0 Å². The SMILES string of the molecule is Cc1ccccc1-c1n(-c2c(-c3ccccc3)cc(C(C)C)cc2-c2ccccc2)cc[n+]1C. The highest BCUT2D eigenvalue weighted by molar-refractivity contribution is 5.87. The molecule has 2 nitrogen and oxygen atoms in total. The Morgan fingerprint density at radius 2 is 1.21 bits per heavy atom. The van der Waals surface area contributed by atoms with Gasteiger partial charge in [0.2, 0.25) is 0 Å². The van der Waals surface area contributed by atoms with Gasteiger partial charge in [0.25, 0.3) is 5.82 Å². The van der Waals surface area contributed by atoms with Gasteiger partial charge < -0.3 is 0 Å². The highest BCUT2D eigenvalue weighted by Gasteiger charge is 2.27. The van der Waals surface area contributed by atoms with E-state index >= 15 is 0 Å². The summed E-state index contributed by atoms with van der Waals surface area (Å²) in [5.41, 5.74) is 10.00. The highest BCUT2D eigenvalue weighted by atomic mass is 15.1. The molecule has 0 unspecified atom stereocenters. The largest absolute Gasteiger partial charge is 0.294 e. The van der Waals surface area contributed by atoms with Crippen LogP contribution in [0.15, 0.2) is 109 Å². The Morgan fingerprint density at radius 3 is 1.74 bits per heavy atom. The van der Waals surface area contributed by atoms with Gasteiger partial charge in [-0.1, -0.05) is 92.7 Å². The number of hydrogen-bond donors (Lipinski definition) is 0. The molecule has 0 bridgehead atoms. The van der Waals surface area contributed by atoms with Gasteiger partial charge >= 0.3 is 0 Å². The lowest BCUT2D eigenvalue weighted by Gasteiger charge is -2.18. The van der Waals surface area contributed by atoms with Gasteiger partial charge in [0, 0.05) is 11.1 Å². The zero-order valence-corrected chi connectivity index (χ0v) is 20.4. The van der Waals surface area contributed by atoms with E-state index in [0.717, 1.165) is 0 Å². The second-order valence-electron chi connectivity index (χ2n) is 9.27. The first-order chi connectivity index (χ1) is 16.5. The second kappa shape index (κ2) is 9.15. The average molecular weight is 444 g/mol. The summed E-state index contributed by atoms with van der Waals surface area (Å²) in [6.07, 6.45) is 4.35. The summed E-state index contributed by atoms with van der Waals surface area (Å²) in [6.45, 7) is 6.73. The molecule has 0 saturated carbocycles. The van der Waals surface area contributed by atoms with Crippen LogP contribution in [0, 0.1) is 6.92 Å². The molecule has 0 spiro atoms. The van der Waals surface area contributed by atoms with E-state index in [1.807, 2.05) is 0 Å². The van der Waals surface area contributed by atoms with Crippen molar-refractivity contribution in [2.45, 2.75) is 26.7 Å². The highest BCUT2D eigenvalue weighted by Crippen LogP contribution is 2.40. The summed E-state index contributed by atoms with van der Waals surface area (Å²) in [7, 11) is 2.13. The molecule has 1 aromatic heterocycles. The Hall–Kier alpha value is -3.91. The summed E-state index contributed by atoms with van der Waals surface area (Å²) < 4.78 is 4.60. The molecule has 34 heavy (non-hydrogen) atoms. The summed E-state index contributed by atoms with van der Waals surface area (Å²) in [5, 5.41) is 0. The van der Waals surface area contributed by atoms with Crippen LogP contribution in [-0.4, -0.2) is 4.57 Å². The van der Waals surface area contributed by atoms with Crippen molar-refractivity contribution in [1.29, 1.82) is 0 Å². The zero-order valence-electron chi connectivity index (χ0n) is 20.4. The molecule has 0 amide bonds. The Kier molecular flexibility index (Phi) is 5.90. The third kappa shape index (κ3) is 3.97. The van der Waals surface area contributed by atoms with Crippen LogP contribution in [0.25, 0.3) is 39.3 Å². The Balaban J connectivity index is 1.91. The molecular weight excluding hydrogens is 412 g/mol. The van der Waals surface area contributed by atoms with Crippen LogP contribution in [-0.2, 0) is 7.05 Å². The fraction of sp³-hybridized carbons (Fsp3) is 0.156. The van der Waals surface area contributed by atoms with E-state index in [-0.39, 0.29) is 0 Å². The van der Waals surface area contributed by atoms with Gasteiger partial charge in [-0.25, -0.2) is 4.57 Å². The van der Waals surface area contributed by atoms with Crippen molar-refractivity contribution < 1.29 is 4.57 Å². The van der Waals surface area contributed by atoms with Crippen LogP contribution >= 0.6 is 0 Å². The molecule has 1 heterocycles. The number of rotatable bonds is 5. The van der Waals surface area contributed by atoms with Gasteiger partial charge in [0.15, 0.2) is 0 Å². The Bertz CT molecular complexity index is 1370. The smallest absolute Gasteiger partial charge is 0.232 e. The van der Waals surface area contributed by atoms with Gasteiger partial charge in [0.05, 0.1) is 12.6 Å². The zero-order chi connectivity index (χ0) is 23.7. The standard InChI is InChI=1S/C32H31N2/c1-23(2)27-21-29(25-14-7-5-8-15-25)31(30(22-27)26-16-9-6-10-17-26)34-20-19-33(4)32(34)28-18-12-11-13-24(28)3/h5-23H,1-4H3/q+1. The summed E-state index contributed by atoms with van der Waals surface area (Å²) >= 11 is 0. The molecule has 0 fully saturated rings. The van der Waals surface area contributed by atoms with E-state index in [1.54, 1.807) is 0 Å². The fourth-order valence-corrected chi connectivity index (χ4v) is 4.73. The molecule has 0 radical (unpaired) electrons. The van der Waals surface area contributed by atoms with Crippen LogP contribution in [0.5, 0.6) is 0 Å². The molecule has 168 valence electrons. The van der Waals surface area contributed by atoms with E-state index in [1.165, 1.54) is 50.5 Å². The Morgan fingerprint density at radius 1 is 0.676 bits per heavy atom. The van der Waals surface area contributed by atoms with Gasteiger partial charge in [0.1, 0.15) is 18.1 Å². The third-order valence-corrected chi connectivity index (χ3v) is 6.60. The molecule has 0 aliphatic rings. The summed E-state index contributed by atoms with van der Waals surface area (Å²) in [5.74, 6) is 1.60. The molecule has 0 N–H and O–H groups in total. The predicted octanol–water partition coefficient (Wildman–Crippen LogP) is 7.73. The third-order valence-electron chi connectivity index (χ3n) is 6.60. The van der Waals surface area contributed by atoms with E-state index in [2.05, 4.69) is 146 Å². The van der Waals surface area contributed by atoms with Crippen molar-refractivity contribution in [1.82, 2.24) is 4.57 Å². The van der Waals surface area contributed by atoms with E-state index < -0.39 is 0 Å². The van der Waals surface area contributed by atoms with Crippen molar-refractivity contribution in [3.05, 3.63) is 121 Å². The van der Waals surface area contributed by atoms with Gasteiger partial charge in [-0.05, 0) is 53.3 Å². The summed E-state index contributed by atoms with van der Waals surface area (Å²) in [4.78, 5) is 0. The van der Waals surface area contributed by atoms with Crippen LogP contribution in [0.4, 0.5) is 0 Å². The first-order valence-electron chi connectivity index (χ1n) is 12.0. The van der Waals surface area contributed by atoms with E-state index in [0.29, 0.717) is 5.92 Å². The lowest BCUT2D eigenvalue weighted by atomic mass is 9.89. The topological polar surface area (TPSA) is 8.81 Å². The fourth-order valence-electron chi connectivity index (χ4n) is 4.73. The van der Waals surface area contributed by atoms with Crippen LogP contribution in [0.2, 0.25) is 0 Å². The molecule has 2 heteroatoms. The van der Waals surface area contributed by atoms with Crippen LogP contribution < -0.4 is 4.57 Å². The van der Waals surface area contributed by atoms with Crippen LogP contribution in [0.3, 0.4) is 0 Å². The van der Waals surface area contributed by atoms with E-state index in [4.69, 9.17) is 0 Å². The minimum atomic E-state index is 0.426. The molecule has 0 aliphatic heterocycles. The van der Waals surface area contributed by atoms with Crippen molar-refractivity contribution >= 4 is 0 Å². The van der Waals surface area contributed by atoms with Crippen molar-refractivity contribution in [2.75, 3.05) is 0 Å².